The third-order valence-electron chi connectivity index (χ3n) is 4.35. The van der Waals surface area contributed by atoms with Crippen LogP contribution in [0, 0.1) is 0 Å². The fourth-order valence-electron chi connectivity index (χ4n) is 2.97. The fraction of sp³-hybridized carbons (Fsp3) is 0.222. The predicted molar refractivity (Wildman–Crippen MR) is 84.7 cm³/mol. The van der Waals surface area contributed by atoms with Crippen molar-refractivity contribution >= 4 is 5.69 Å². The minimum atomic E-state index is 0.401. The van der Waals surface area contributed by atoms with E-state index in [1.54, 1.807) is 0 Å². The van der Waals surface area contributed by atoms with Gasteiger partial charge in [-0.2, -0.15) is 0 Å². The SMILES string of the molecule is CC1N(C)C=C[N+]1(Cc1ccccc1)c1ccccc1. The van der Waals surface area contributed by atoms with Crippen LogP contribution in [-0.2, 0) is 6.54 Å². The fourth-order valence-corrected chi connectivity index (χ4v) is 2.97. The van der Waals surface area contributed by atoms with E-state index in [0.29, 0.717) is 6.17 Å². The number of nitrogens with zero attached hydrogens (tertiary/aromatic N) is 2. The molecule has 0 spiro atoms. The smallest absolute Gasteiger partial charge is 0.170 e. The Bertz CT molecular complexity index is 591. The molecule has 20 heavy (non-hydrogen) atoms. The Labute approximate surface area is 121 Å². The third-order valence-corrected chi connectivity index (χ3v) is 4.35. The highest BCUT2D eigenvalue weighted by molar-refractivity contribution is 5.47. The van der Waals surface area contributed by atoms with Crippen LogP contribution < -0.4 is 4.48 Å². The summed E-state index contributed by atoms with van der Waals surface area (Å²) in [6.07, 6.45) is 4.91. The van der Waals surface area contributed by atoms with Gasteiger partial charge in [0, 0.05) is 19.5 Å². The number of benzene rings is 2. The van der Waals surface area contributed by atoms with Crippen LogP contribution in [0.25, 0.3) is 0 Å². The molecule has 2 aromatic carbocycles. The maximum Gasteiger partial charge on any atom is 0.170 e. The number of quaternary nitrogens is 1. The minimum Gasteiger partial charge on any atom is -0.327 e. The van der Waals surface area contributed by atoms with Crippen LogP contribution >= 0.6 is 0 Å². The number of rotatable bonds is 3. The highest BCUT2D eigenvalue weighted by atomic mass is 15.5. The van der Waals surface area contributed by atoms with Crippen molar-refractivity contribution in [1.82, 2.24) is 9.38 Å². The van der Waals surface area contributed by atoms with Gasteiger partial charge in [0.2, 0.25) is 0 Å². The van der Waals surface area contributed by atoms with Gasteiger partial charge in [-0.05, 0) is 12.1 Å². The molecule has 2 atom stereocenters. The summed E-state index contributed by atoms with van der Waals surface area (Å²) in [4.78, 5) is 2.29. The van der Waals surface area contributed by atoms with Crippen molar-refractivity contribution in [2.75, 3.05) is 7.05 Å². The lowest BCUT2D eigenvalue weighted by atomic mass is 10.1. The monoisotopic (exact) mass is 265 g/mol. The van der Waals surface area contributed by atoms with Crippen molar-refractivity contribution < 1.29 is 0 Å². The summed E-state index contributed by atoms with van der Waals surface area (Å²) in [6, 6.07) is 21.5. The molecule has 1 aliphatic rings. The maximum absolute atomic E-state index is 2.31. The molecular weight excluding hydrogens is 244 g/mol. The van der Waals surface area contributed by atoms with Crippen LogP contribution in [0.2, 0.25) is 0 Å². The number of para-hydroxylation sites is 1. The summed E-state index contributed by atoms with van der Waals surface area (Å²) < 4.78 is 0.849. The van der Waals surface area contributed by atoms with Gasteiger partial charge in [0.05, 0.1) is 6.20 Å². The molecule has 2 nitrogen and oxygen atoms in total. The zero-order chi connectivity index (χ0) is 14.0. The predicted octanol–water partition coefficient (Wildman–Crippen LogP) is 3.96. The Morgan fingerprint density at radius 1 is 0.950 bits per heavy atom. The Morgan fingerprint density at radius 3 is 2.10 bits per heavy atom. The van der Waals surface area contributed by atoms with E-state index in [2.05, 4.69) is 91.9 Å². The first-order chi connectivity index (χ1) is 9.72. The summed E-state index contributed by atoms with van der Waals surface area (Å²) in [7, 11) is 2.15. The topological polar surface area (TPSA) is 3.24 Å². The quantitative estimate of drug-likeness (QED) is 0.759. The van der Waals surface area contributed by atoms with Crippen LogP contribution in [0.1, 0.15) is 12.5 Å². The molecular formula is C18H21N2+. The Kier molecular flexibility index (Phi) is 3.33. The summed E-state index contributed by atoms with van der Waals surface area (Å²) in [5.74, 6) is 0. The molecule has 1 aliphatic heterocycles. The van der Waals surface area contributed by atoms with E-state index >= 15 is 0 Å². The highest BCUT2D eigenvalue weighted by Crippen LogP contribution is 2.34. The van der Waals surface area contributed by atoms with E-state index in [1.807, 2.05) is 0 Å². The van der Waals surface area contributed by atoms with Gasteiger partial charge in [-0.1, -0.05) is 48.5 Å². The van der Waals surface area contributed by atoms with Crippen molar-refractivity contribution in [3.8, 4) is 0 Å². The lowest BCUT2D eigenvalue weighted by Gasteiger charge is -2.38. The molecule has 0 aliphatic carbocycles. The number of hydrogen-bond donors (Lipinski definition) is 0. The van der Waals surface area contributed by atoms with Crippen LogP contribution in [0.4, 0.5) is 5.69 Å². The molecule has 0 N–H and O–H groups in total. The van der Waals surface area contributed by atoms with Crippen molar-refractivity contribution in [1.29, 1.82) is 0 Å². The van der Waals surface area contributed by atoms with Gasteiger partial charge in [-0.3, -0.25) is 0 Å². The normalized spacial score (nSPS) is 25.1. The lowest BCUT2D eigenvalue weighted by molar-refractivity contribution is 0.190. The van der Waals surface area contributed by atoms with Crippen molar-refractivity contribution in [3.05, 3.63) is 78.6 Å². The molecule has 0 fully saturated rings. The summed E-state index contributed by atoms with van der Waals surface area (Å²) >= 11 is 0. The molecule has 0 bridgehead atoms. The zero-order valence-corrected chi connectivity index (χ0v) is 12.1. The molecule has 0 saturated carbocycles. The summed E-state index contributed by atoms with van der Waals surface area (Å²) in [5.41, 5.74) is 2.70. The first kappa shape index (κ1) is 12.9. The molecule has 2 unspecified atom stereocenters. The van der Waals surface area contributed by atoms with Gasteiger partial charge >= 0.3 is 0 Å². The largest absolute Gasteiger partial charge is 0.327 e. The lowest BCUT2D eigenvalue weighted by Crippen LogP contribution is -2.51. The Morgan fingerprint density at radius 2 is 1.55 bits per heavy atom. The Balaban J connectivity index is 2.04. The van der Waals surface area contributed by atoms with Crippen LogP contribution in [0.5, 0.6) is 0 Å². The zero-order valence-electron chi connectivity index (χ0n) is 12.1. The van der Waals surface area contributed by atoms with E-state index in [4.69, 9.17) is 0 Å². The second-order valence-electron chi connectivity index (χ2n) is 5.51. The third kappa shape index (κ3) is 2.12. The minimum absolute atomic E-state index is 0.401. The second-order valence-corrected chi connectivity index (χ2v) is 5.51. The van der Waals surface area contributed by atoms with E-state index in [9.17, 15) is 0 Å². The van der Waals surface area contributed by atoms with Gasteiger partial charge in [0.25, 0.3) is 0 Å². The molecule has 0 amide bonds. The van der Waals surface area contributed by atoms with Gasteiger partial charge in [0.15, 0.2) is 6.17 Å². The van der Waals surface area contributed by atoms with Gasteiger partial charge in [-0.15, -0.1) is 0 Å². The molecule has 0 radical (unpaired) electrons. The first-order valence-corrected chi connectivity index (χ1v) is 7.11. The maximum atomic E-state index is 2.31. The summed E-state index contributed by atoms with van der Waals surface area (Å²) in [5, 5.41) is 0. The average molecular weight is 265 g/mol. The van der Waals surface area contributed by atoms with E-state index in [-0.39, 0.29) is 0 Å². The van der Waals surface area contributed by atoms with Gasteiger partial charge in [-0.25, -0.2) is 4.48 Å². The second kappa shape index (κ2) is 5.14. The van der Waals surface area contributed by atoms with Crippen LogP contribution in [0.15, 0.2) is 73.1 Å². The van der Waals surface area contributed by atoms with Gasteiger partial charge in [0.1, 0.15) is 18.4 Å². The van der Waals surface area contributed by atoms with E-state index < -0.39 is 0 Å². The van der Waals surface area contributed by atoms with Crippen LogP contribution in [-0.4, -0.2) is 18.1 Å². The van der Waals surface area contributed by atoms with Gasteiger partial charge < -0.3 is 4.90 Å². The molecule has 2 aromatic rings. The summed E-state index contributed by atoms with van der Waals surface area (Å²) in [6.45, 7) is 3.27. The average Bonchev–Trinajstić information content (AvgIpc) is 2.79. The van der Waals surface area contributed by atoms with Crippen molar-refractivity contribution in [2.24, 2.45) is 0 Å². The molecule has 0 saturated heterocycles. The number of hydrogen-bond acceptors (Lipinski definition) is 1. The molecule has 102 valence electrons. The molecule has 2 heteroatoms. The first-order valence-electron chi connectivity index (χ1n) is 7.11. The van der Waals surface area contributed by atoms with Crippen LogP contribution in [0.3, 0.4) is 0 Å². The van der Waals surface area contributed by atoms with E-state index in [1.165, 1.54) is 11.3 Å². The molecule has 0 aromatic heterocycles. The highest BCUT2D eigenvalue weighted by Gasteiger charge is 2.40. The standard InChI is InChI=1S/C18H21N2/c1-16-19(2)13-14-20(16,18-11-7-4-8-12-18)15-17-9-5-3-6-10-17/h3-14,16H,15H2,1-2H3/q+1. The van der Waals surface area contributed by atoms with Crippen molar-refractivity contribution in [2.45, 2.75) is 19.6 Å². The Hall–Kier alpha value is -2.06. The molecule has 1 heterocycles. The molecule has 3 rings (SSSR count). The van der Waals surface area contributed by atoms with Crippen molar-refractivity contribution in [3.63, 3.8) is 0 Å². The van der Waals surface area contributed by atoms with E-state index in [0.717, 1.165) is 11.0 Å².